The van der Waals surface area contributed by atoms with E-state index in [1.807, 2.05) is 6.92 Å². The molecule has 0 aliphatic rings. The number of aryl methyl sites for hydroxylation is 1. The van der Waals surface area contributed by atoms with Gasteiger partial charge < -0.3 is 5.11 Å². The summed E-state index contributed by atoms with van der Waals surface area (Å²) in [6.45, 7) is 1.84. The highest BCUT2D eigenvalue weighted by Crippen LogP contribution is 2.16. The normalized spacial score (nSPS) is 9.83. The third kappa shape index (κ3) is 1.85. The van der Waals surface area contributed by atoms with Gasteiger partial charge in [-0.05, 0) is 24.6 Å². The molecule has 2 nitrogen and oxygen atoms in total. The molecule has 1 rings (SSSR count). The first-order chi connectivity index (χ1) is 5.65. The zero-order valence-electron chi connectivity index (χ0n) is 6.67. The summed E-state index contributed by atoms with van der Waals surface area (Å²) >= 11 is 3.08. The molecule has 0 aliphatic heterocycles. The molecule has 0 atom stereocenters. The van der Waals surface area contributed by atoms with Crippen LogP contribution in [0.3, 0.4) is 0 Å². The summed E-state index contributed by atoms with van der Waals surface area (Å²) in [5.41, 5.74) is 1.46. The highest BCUT2D eigenvalue weighted by atomic mass is 79.9. The molecule has 0 spiro atoms. The Balaban J connectivity index is 3.13. The lowest BCUT2D eigenvalue weighted by molar-refractivity contribution is 0.102. The highest BCUT2D eigenvalue weighted by Gasteiger charge is 2.07. The number of carbonyl (C=O) groups excluding carboxylic acids is 1. The van der Waals surface area contributed by atoms with Crippen LogP contribution in [0.5, 0.6) is 5.75 Å². The van der Waals surface area contributed by atoms with Crippen LogP contribution in [0, 0.1) is 6.92 Å². The fourth-order valence-corrected chi connectivity index (χ4v) is 1.28. The van der Waals surface area contributed by atoms with Crippen molar-refractivity contribution in [2.45, 2.75) is 6.92 Å². The molecule has 0 fully saturated rings. The van der Waals surface area contributed by atoms with Crippen molar-refractivity contribution >= 4 is 21.7 Å². The van der Waals surface area contributed by atoms with Gasteiger partial charge >= 0.3 is 0 Å². The molecule has 0 saturated heterocycles. The minimum atomic E-state index is -0.0107. The van der Waals surface area contributed by atoms with Gasteiger partial charge in [-0.15, -0.1) is 0 Å². The third-order valence-corrected chi connectivity index (χ3v) is 2.15. The predicted octanol–water partition coefficient (Wildman–Crippen LogP) is 2.28. The number of ketones is 1. The Morgan fingerprint density at radius 1 is 1.58 bits per heavy atom. The van der Waals surface area contributed by atoms with Gasteiger partial charge in [-0.1, -0.05) is 22.0 Å². The van der Waals surface area contributed by atoms with Gasteiger partial charge in [0.25, 0.3) is 0 Å². The number of hydrogen-bond acceptors (Lipinski definition) is 2. The molecule has 1 aromatic rings. The molecular formula is C9H9BrO2. The standard InChI is InChI=1S/C9H9BrO2/c1-6-2-3-7(11)4-8(6)9(12)5-10/h2-4,11H,5H2,1H3. The first-order valence-electron chi connectivity index (χ1n) is 3.54. The van der Waals surface area contributed by atoms with Crippen LogP contribution < -0.4 is 0 Å². The smallest absolute Gasteiger partial charge is 0.173 e. The fraction of sp³-hybridized carbons (Fsp3) is 0.222. The summed E-state index contributed by atoms with van der Waals surface area (Å²) in [6, 6.07) is 4.78. The molecule has 12 heavy (non-hydrogen) atoms. The second kappa shape index (κ2) is 3.72. The van der Waals surface area contributed by atoms with Crippen LogP contribution in [0.25, 0.3) is 0 Å². The van der Waals surface area contributed by atoms with Gasteiger partial charge in [0.05, 0.1) is 5.33 Å². The maximum Gasteiger partial charge on any atom is 0.173 e. The quantitative estimate of drug-likeness (QED) is 0.623. The van der Waals surface area contributed by atoms with Crippen molar-refractivity contribution in [3.63, 3.8) is 0 Å². The van der Waals surface area contributed by atoms with Gasteiger partial charge in [0, 0.05) is 5.56 Å². The maximum absolute atomic E-state index is 11.2. The van der Waals surface area contributed by atoms with Crippen LogP contribution >= 0.6 is 15.9 Å². The van der Waals surface area contributed by atoms with Gasteiger partial charge in [-0.3, -0.25) is 4.79 Å². The van der Waals surface area contributed by atoms with Crippen molar-refractivity contribution in [1.82, 2.24) is 0 Å². The Morgan fingerprint density at radius 3 is 2.83 bits per heavy atom. The number of rotatable bonds is 2. The van der Waals surface area contributed by atoms with Crippen LogP contribution in [0.2, 0.25) is 0 Å². The summed E-state index contributed by atoms with van der Waals surface area (Å²) in [7, 11) is 0. The van der Waals surface area contributed by atoms with Crippen LogP contribution in [0.4, 0.5) is 0 Å². The zero-order valence-corrected chi connectivity index (χ0v) is 8.26. The van der Waals surface area contributed by atoms with Gasteiger partial charge in [-0.2, -0.15) is 0 Å². The first-order valence-corrected chi connectivity index (χ1v) is 4.66. The molecule has 0 aromatic heterocycles. The van der Waals surface area contributed by atoms with Crippen molar-refractivity contribution in [2.75, 3.05) is 5.33 Å². The summed E-state index contributed by atoms with van der Waals surface area (Å²) in [4.78, 5) is 11.2. The van der Waals surface area contributed by atoms with Gasteiger partial charge in [0.15, 0.2) is 5.78 Å². The summed E-state index contributed by atoms with van der Waals surface area (Å²) in [5.74, 6) is 0.119. The Bertz CT molecular complexity index is 307. The Hall–Kier alpha value is -0.830. The number of phenols is 1. The third-order valence-electron chi connectivity index (χ3n) is 1.64. The second-order valence-electron chi connectivity index (χ2n) is 2.56. The van der Waals surface area contributed by atoms with Gasteiger partial charge in [0.1, 0.15) is 5.75 Å². The number of halogens is 1. The number of alkyl halides is 1. The van der Waals surface area contributed by atoms with Crippen LogP contribution in [0.1, 0.15) is 15.9 Å². The second-order valence-corrected chi connectivity index (χ2v) is 3.12. The van der Waals surface area contributed by atoms with Crippen molar-refractivity contribution in [1.29, 1.82) is 0 Å². The van der Waals surface area contributed by atoms with E-state index in [1.165, 1.54) is 6.07 Å². The van der Waals surface area contributed by atoms with Gasteiger partial charge in [-0.25, -0.2) is 0 Å². The minimum absolute atomic E-state index is 0.0107. The Labute approximate surface area is 79.3 Å². The number of hydrogen-bond donors (Lipinski definition) is 1. The van der Waals surface area contributed by atoms with Crippen LogP contribution in [-0.2, 0) is 0 Å². The van der Waals surface area contributed by atoms with E-state index < -0.39 is 0 Å². The predicted molar refractivity (Wildman–Crippen MR) is 51.0 cm³/mol. The molecule has 1 N–H and O–H groups in total. The van der Waals surface area contributed by atoms with E-state index in [2.05, 4.69) is 15.9 Å². The molecule has 1 aromatic carbocycles. The lowest BCUT2D eigenvalue weighted by atomic mass is 10.1. The van der Waals surface area contributed by atoms with Crippen LogP contribution in [0.15, 0.2) is 18.2 Å². The SMILES string of the molecule is Cc1ccc(O)cc1C(=O)CBr. The number of carbonyl (C=O) groups is 1. The molecule has 0 unspecified atom stereocenters. The fourth-order valence-electron chi connectivity index (χ4n) is 0.982. The topological polar surface area (TPSA) is 37.3 Å². The van der Waals surface area contributed by atoms with Crippen molar-refractivity contribution in [3.8, 4) is 5.75 Å². The largest absolute Gasteiger partial charge is 0.508 e. The van der Waals surface area contributed by atoms with Crippen molar-refractivity contribution in [3.05, 3.63) is 29.3 Å². The molecule has 0 radical (unpaired) electrons. The number of aromatic hydroxyl groups is 1. The Morgan fingerprint density at radius 2 is 2.25 bits per heavy atom. The van der Waals surface area contributed by atoms with E-state index in [-0.39, 0.29) is 16.9 Å². The summed E-state index contributed by atoms with van der Waals surface area (Å²) in [6.07, 6.45) is 0. The average Bonchev–Trinajstić information content (AvgIpc) is 2.08. The van der Waals surface area contributed by atoms with E-state index in [0.717, 1.165) is 5.56 Å². The highest BCUT2D eigenvalue weighted by molar-refractivity contribution is 9.09. The van der Waals surface area contributed by atoms with E-state index in [1.54, 1.807) is 12.1 Å². The van der Waals surface area contributed by atoms with Crippen molar-refractivity contribution in [2.24, 2.45) is 0 Å². The average molecular weight is 229 g/mol. The van der Waals surface area contributed by atoms with E-state index >= 15 is 0 Å². The number of phenolic OH excluding ortho intramolecular Hbond substituents is 1. The summed E-state index contributed by atoms with van der Waals surface area (Å²) < 4.78 is 0. The zero-order chi connectivity index (χ0) is 9.14. The lowest BCUT2D eigenvalue weighted by Gasteiger charge is -2.02. The summed E-state index contributed by atoms with van der Waals surface area (Å²) in [5, 5.41) is 9.40. The monoisotopic (exact) mass is 228 g/mol. The molecule has 3 heteroatoms. The number of benzene rings is 1. The lowest BCUT2D eigenvalue weighted by Crippen LogP contribution is -2.01. The van der Waals surface area contributed by atoms with Crippen LogP contribution in [-0.4, -0.2) is 16.2 Å². The molecule has 0 saturated carbocycles. The molecule has 0 heterocycles. The molecule has 0 aliphatic carbocycles. The van der Waals surface area contributed by atoms with E-state index in [4.69, 9.17) is 5.11 Å². The molecular weight excluding hydrogens is 220 g/mol. The number of Topliss-reactive ketones (excluding diaryl/α,β-unsaturated/α-hetero) is 1. The first kappa shape index (κ1) is 9.26. The van der Waals surface area contributed by atoms with Crippen molar-refractivity contribution < 1.29 is 9.90 Å². The Kier molecular flexibility index (Phi) is 2.87. The maximum atomic E-state index is 11.2. The minimum Gasteiger partial charge on any atom is -0.508 e. The van der Waals surface area contributed by atoms with E-state index in [9.17, 15) is 4.79 Å². The van der Waals surface area contributed by atoms with E-state index in [0.29, 0.717) is 5.56 Å². The van der Waals surface area contributed by atoms with Gasteiger partial charge in [0.2, 0.25) is 0 Å². The molecule has 0 bridgehead atoms. The molecule has 0 amide bonds. The molecule has 64 valence electrons.